The van der Waals surface area contributed by atoms with Crippen molar-refractivity contribution in [2.75, 3.05) is 13.2 Å². The Balaban J connectivity index is 1.94. The van der Waals surface area contributed by atoms with Crippen LogP contribution in [0.4, 0.5) is 0 Å². The Kier molecular flexibility index (Phi) is 41.2. The van der Waals surface area contributed by atoms with Gasteiger partial charge in [-0.15, -0.1) is 0 Å². The molecular weight excluding hydrogens is 779 g/mol. The van der Waals surface area contributed by atoms with Crippen LogP contribution < -0.4 is 5.32 Å². The van der Waals surface area contributed by atoms with Gasteiger partial charge >= 0.3 is 0 Å². The minimum Gasteiger partial charge on any atom is -0.394 e. The van der Waals surface area contributed by atoms with Crippen LogP contribution in [0, 0.1) is 0 Å². The number of hydrogen-bond donors (Lipinski definition) is 6. The molecule has 62 heavy (non-hydrogen) atoms. The topological polar surface area (TPSA) is 149 Å². The molecule has 9 nitrogen and oxygen atoms in total. The zero-order valence-electron chi connectivity index (χ0n) is 40.4. The highest BCUT2D eigenvalue weighted by molar-refractivity contribution is 5.76. The molecular formula is C53H101NO8. The van der Waals surface area contributed by atoms with Crippen molar-refractivity contribution in [2.45, 2.75) is 294 Å². The fraction of sp³-hybridized carbons (Fsp3) is 0.906. The van der Waals surface area contributed by atoms with Gasteiger partial charge in [0.1, 0.15) is 24.4 Å². The Morgan fingerprint density at radius 3 is 1.34 bits per heavy atom. The first-order chi connectivity index (χ1) is 30.3. The number of carbonyl (C=O) groups is 1. The summed E-state index contributed by atoms with van der Waals surface area (Å²) < 4.78 is 11.1. The first-order valence-corrected chi connectivity index (χ1v) is 26.6. The van der Waals surface area contributed by atoms with Crippen molar-refractivity contribution >= 4 is 5.91 Å². The second-order valence-electron chi connectivity index (χ2n) is 18.7. The van der Waals surface area contributed by atoms with E-state index in [1.54, 1.807) is 6.08 Å². The molecule has 1 saturated heterocycles. The number of unbranched alkanes of at least 4 members (excludes halogenated alkanes) is 33. The number of hydrogen-bond acceptors (Lipinski definition) is 8. The van der Waals surface area contributed by atoms with Crippen molar-refractivity contribution in [1.29, 1.82) is 0 Å². The highest BCUT2D eigenvalue weighted by Gasteiger charge is 2.44. The van der Waals surface area contributed by atoms with Crippen LogP contribution in [0.2, 0.25) is 0 Å². The summed E-state index contributed by atoms with van der Waals surface area (Å²) in [5.74, 6) is -0.182. The molecule has 1 amide bonds. The fourth-order valence-electron chi connectivity index (χ4n) is 8.49. The lowest BCUT2D eigenvalue weighted by Gasteiger charge is -2.40. The summed E-state index contributed by atoms with van der Waals surface area (Å²) in [7, 11) is 0. The van der Waals surface area contributed by atoms with E-state index in [1.807, 2.05) is 6.08 Å². The molecule has 0 saturated carbocycles. The van der Waals surface area contributed by atoms with Crippen molar-refractivity contribution < 1.29 is 39.8 Å². The van der Waals surface area contributed by atoms with E-state index in [2.05, 4.69) is 31.3 Å². The van der Waals surface area contributed by atoms with Gasteiger partial charge in [0.05, 0.1) is 25.4 Å². The third-order valence-electron chi connectivity index (χ3n) is 12.8. The number of carbonyl (C=O) groups excluding carboxylic acids is 1. The SMILES string of the molecule is CCCC/C=C/C(O)C(COC1OC(CO)C(O)C(O)C1O)NC(=O)CCCCCCCCCCCCCCCCCCCCCCCCC/C=C\CCCCCCCCCC. The second-order valence-corrected chi connectivity index (χ2v) is 18.7. The molecule has 1 fully saturated rings. The summed E-state index contributed by atoms with van der Waals surface area (Å²) >= 11 is 0. The van der Waals surface area contributed by atoms with Crippen LogP contribution in [0.1, 0.15) is 251 Å². The van der Waals surface area contributed by atoms with E-state index in [1.165, 1.54) is 193 Å². The van der Waals surface area contributed by atoms with Crippen molar-refractivity contribution in [3.8, 4) is 0 Å². The number of rotatable bonds is 45. The monoisotopic (exact) mass is 880 g/mol. The number of aliphatic hydroxyl groups is 5. The molecule has 1 heterocycles. The van der Waals surface area contributed by atoms with E-state index in [-0.39, 0.29) is 12.5 Å². The van der Waals surface area contributed by atoms with E-state index < -0.39 is 49.5 Å². The Bertz CT molecular complexity index is 1020. The standard InChI is InChI=1S/C53H101NO8/c1-3-5-7-9-10-11-12-13-14-15-16-17-18-19-20-21-22-23-24-25-26-27-28-29-30-31-32-33-34-35-36-37-38-39-41-43-49(57)54-46(47(56)42-40-8-6-4-2)45-61-53-52(60)51(59)50(58)48(44-55)62-53/h15-16,40,42,46-48,50-53,55-56,58-60H,3-14,17-39,41,43-45H2,1-2H3,(H,54,57)/b16-15-,42-40+. The van der Waals surface area contributed by atoms with Gasteiger partial charge in [0, 0.05) is 6.42 Å². The zero-order chi connectivity index (χ0) is 45.1. The van der Waals surface area contributed by atoms with E-state index >= 15 is 0 Å². The van der Waals surface area contributed by atoms with Crippen LogP contribution in [0.25, 0.3) is 0 Å². The number of allylic oxidation sites excluding steroid dienone is 3. The third-order valence-corrected chi connectivity index (χ3v) is 12.8. The Labute approximate surface area is 381 Å². The van der Waals surface area contributed by atoms with Gasteiger partial charge < -0.3 is 40.3 Å². The third kappa shape index (κ3) is 33.2. The molecule has 9 heteroatoms. The van der Waals surface area contributed by atoms with Crippen LogP contribution >= 0.6 is 0 Å². The summed E-state index contributed by atoms with van der Waals surface area (Å²) in [5, 5.41) is 53.6. The summed E-state index contributed by atoms with van der Waals surface area (Å²) in [5.41, 5.74) is 0. The lowest BCUT2D eigenvalue weighted by atomic mass is 9.99. The zero-order valence-corrected chi connectivity index (χ0v) is 40.4. The van der Waals surface area contributed by atoms with Crippen LogP contribution in [0.5, 0.6) is 0 Å². The van der Waals surface area contributed by atoms with E-state index in [0.717, 1.165) is 38.5 Å². The minimum absolute atomic E-state index is 0.182. The maximum absolute atomic E-state index is 12.8. The van der Waals surface area contributed by atoms with E-state index in [9.17, 15) is 30.3 Å². The van der Waals surface area contributed by atoms with Gasteiger partial charge in [0.15, 0.2) is 6.29 Å². The number of aliphatic hydroxyl groups excluding tert-OH is 5. The predicted octanol–water partition coefficient (Wildman–Crippen LogP) is 12.2. The molecule has 0 radical (unpaired) electrons. The van der Waals surface area contributed by atoms with Gasteiger partial charge in [-0.1, -0.05) is 231 Å². The van der Waals surface area contributed by atoms with E-state index in [4.69, 9.17) is 9.47 Å². The highest BCUT2D eigenvalue weighted by atomic mass is 16.7. The largest absolute Gasteiger partial charge is 0.394 e. The summed E-state index contributed by atoms with van der Waals surface area (Å²) in [6.45, 7) is 3.63. The molecule has 0 aromatic carbocycles. The number of nitrogens with one attached hydrogen (secondary N) is 1. The maximum atomic E-state index is 12.8. The lowest BCUT2D eigenvalue weighted by molar-refractivity contribution is -0.302. The Morgan fingerprint density at radius 1 is 0.532 bits per heavy atom. The van der Waals surface area contributed by atoms with Gasteiger partial charge in [-0.2, -0.15) is 0 Å². The highest BCUT2D eigenvalue weighted by Crippen LogP contribution is 2.23. The van der Waals surface area contributed by atoms with Gasteiger partial charge in [-0.25, -0.2) is 0 Å². The van der Waals surface area contributed by atoms with Crippen molar-refractivity contribution in [1.82, 2.24) is 5.32 Å². The molecule has 0 aromatic heterocycles. The molecule has 0 bridgehead atoms. The van der Waals surface area contributed by atoms with Gasteiger partial charge in [-0.05, 0) is 38.5 Å². The molecule has 0 spiro atoms. The summed E-state index contributed by atoms with van der Waals surface area (Å²) in [4.78, 5) is 12.8. The molecule has 1 aliphatic rings. The summed E-state index contributed by atoms with van der Waals surface area (Å²) in [6, 6.07) is -0.797. The Morgan fingerprint density at radius 2 is 0.919 bits per heavy atom. The van der Waals surface area contributed by atoms with Crippen LogP contribution in [0.3, 0.4) is 0 Å². The molecule has 0 aliphatic carbocycles. The molecule has 1 rings (SSSR count). The first kappa shape index (κ1) is 58.7. The molecule has 7 atom stereocenters. The van der Waals surface area contributed by atoms with Crippen molar-refractivity contribution in [3.63, 3.8) is 0 Å². The van der Waals surface area contributed by atoms with Crippen molar-refractivity contribution in [3.05, 3.63) is 24.3 Å². The molecule has 1 aliphatic heterocycles. The van der Waals surface area contributed by atoms with Gasteiger partial charge in [0.2, 0.25) is 5.91 Å². The molecule has 7 unspecified atom stereocenters. The Hall–Kier alpha value is -1.33. The normalized spacial score (nSPS) is 20.4. The fourth-order valence-corrected chi connectivity index (χ4v) is 8.49. The summed E-state index contributed by atoms with van der Waals surface area (Å²) in [6.07, 6.45) is 47.8. The van der Waals surface area contributed by atoms with Crippen LogP contribution in [-0.2, 0) is 14.3 Å². The van der Waals surface area contributed by atoms with Crippen molar-refractivity contribution in [2.24, 2.45) is 0 Å². The number of amides is 1. The lowest BCUT2D eigenvalue weighted by Crippen LogP contribution is -2.60. The van der Waals surface area contributed by atoms with Gasteiger partial charge in [0.25, 0.3) is 0 Å². The predicted molar refractivity (Wildman–Crippen MR) is 258 cm³/mol. The minimum atomic E-state index is -1.56. The average molecular weight is 880 g/mol. The van der Waals surface area contributed by atoms with E-state index in [0.29, 0.717) is 6.42 Å². The first-order valence-electron chi connectivity index (χ1n) is 26.6. The number of ether oxygens (including phenoxy) is 2. The van der Waals surface area contributed by atoms with Crippen LogP contribution in [-0.4, -0.2) is 87.5 Å². The maximum Gasteiger partial charge on any atom is 0.220 e. The molecule has 366 valence electrons. The van der Waals surface area contributed by atoms with Gasteiger partial charge in [-0.3, -0.25) is 4.79 Å². The van der Waals surface area contributed by atoms with Crippen LogP contribution in [0.15, 0.2) is 24.3 Å². The molecule has 0 aromatic rings. The molecule has 6 N–H and O–H groups in total. The average Bonchev–Trinajstić information content (AvgIpc) is 3.27. The smallest absolute Gasteiger partial charge is 0.220 e. The quantitative estimate of drug-likeness (QED) is 0.0262. The second kappa shape index (κ2) is 43.6.